The summed E-state index contributed by atoms with van der Waals surface area (Å²) in [6.07, 6.45) is 0. The van der Waals surface area contributed by atoms with Gasteiger partial charge in [0, 0.05) is 13.1 Å². The molecular weight excluding hydrogens is 274 g/mol. The van der Waals surface area contributed by atoms with Crippen LogP contribution in [0.15, 0.2) is 24.3 Å². The third-order valence-corrected chi connectivity index (χ3v) is 3.56. The summed E-state index contributed by atoms with van der Waals surface area (Å²) in [6.45, 7) is 0.391. The van der Waals surface area contributed by atoms with Gasteiger partial charge in [0.1, 0.15) is 6.54 Å². The van der Waals surface area contributed by atoms with Gasteiger partial charge in [-0.05, 0) is 12.1 Å². The lowest BCUT2D eigenvalue weighted by Gasteiger charge is -2.28. The number of hydrogen-bond donors (Lipinski definition) is 1. The number of nitrogens with one attached hydrogen (secondary N) is 1. The maximum atomic E-state index is 12.1. The molecule has 0 radical (unpaired) electrons. The molecule has 1 N–H and O–H groups in total. The molecule has 3 rings (SSSR count). The normalized spacial score (nSPS) is 17.8. The molecule has 0 aromatic heterocycles. The minimum atomic E-state index is -0.467. The topological polar surface area (TPSA) is 86.8 Å². The molecule has 1 saturated heterocycles. The molecule has 2 aliphatic heterocycles. The number of amides is 4. The number of benzene rings is 1. The van der Waals surface area contributed by atoms with Crippen LogP contribution in [-0.2, 0) is 9.59 Å². The van der Waals surface area contributed by atoms with Gasteiger partial charge < -0.3 is 10.2 Å². The zero-order valence-corrected chi connectivity index (χ0v) is 11.2. The van der Waals surface area contributed by atoms with E-state index in [1.54, 1.807) is 24.3 Å². The number of nitrogens with zero attached hydrogens (tertiary/aromatic N) is 2. The fourth-order valence-corrected chi connectivity index (χ4v) is 2.47. The van der Waals surface area contributed by atoms with Gasteiger partial charge in [-0.25, -0.2) is 0 Å². The van der Waals surface area contributed by atoms with Gasteiger partial charge in [0.05, 0.1) is 17.7 Å². The third kappa shape index (κ3) is 2.26. The maximum absolute atomic E-state index is 12.1. The number of hydrogen-bond acceptors (Lipinski definition) is 4. The first-order valence-electron chi connectivity index (χ1n) is 6.57. The van der Waals surface area contributed by atoms with Crippen molar-refractivity contribution in [1.82, 2.24) is 15.1 Å². The summed E-state index contributed by atoms with van der Waals surface area (Å²) in [5.41, 5.74) is 0.623. The van der Waals surface area contributed by atoms with Crippen LogP contribution >= 0.6 is 0 Å². The van der Waals surface area contributed by atoms with Gasteiger partial charge in [0.2, 0.25) is 11.8 Å². The van der Waals surface area contributed by atoms with Crippen molar-refractivity contribution in [3.05, 3.63) is 35.4 Å². The Morgan fingerprint density at radius 1 is 1.10 bits per heavy atom. The Morgan fingerprint density at radius 2 is 1.71 bits per heavy atom. The van der Waals surface area contributed by atoms with Crippen molar-refractivity contribution in [1.29, 1.82) is 0 Å². The number of carbonyl (C=O) groups is 4. The van der Waals surface area contributed by atoms with Crippen molar-refractivity contribution in [3.63, 3.8) is 0 Å². The molecule has 7 nitrogen and oxygen atoms in total. The van der Waals surface area contributed by atoms with Gasteiger partial charge >= 0.3 is 0 Å². The minimum absolute atomic E-state index is 0.0397. The SMILES string of the molecule is O=C1CN(C(=O)CN2C(=O)c3ccccc3C2=O)CCN1. The van der Waals surface area contributed by atoms with Gasteiger partial charge in [-0.15, -0.1) is 0 Å². The van der Waals surface area contributed by atoms with Crippen LogP contribution in [0.3, 0.4) is 0 Å². The molecule has 108 valence electrons. The highest BCUT2D eigenvalue weighted by Crippen LogP contribution is 2.22. The second-order valence-corrected chi connectivity index (χ2v) is 4.91. The lowest BCUT2D eigenvalue weighted by atomic mass is 10.1. The van der Waals surface area contributed by atoms with Gasteiger partial charge in [0.15, 0.2) is 0 Å². The van der Waals surface area contributed by atoms with Crippen LogP contribution in [0, 0.1) is 0 Å². The number of fused-ring (bicyclic) bond motifs is 1. The summed E-state index contributed by atoms with van der Waals surface area (Å²) in [5, 5.41) is 2.61. The Labute approximate surface area is 120 Å². The standard InChI is InChI=1S/C14H13N3O4/c18-11-7-16(6-5-15-11)12(19)8-17-13(20)9-3-1-2-4-10(9)14(17)21/h1-4H,5-8H2,(H,15,18). The van der Waals surface area contributed by atoms with E-state index in [1.165, 1.54) is 4.90 Å². The molecule has 1 fully saturated rings. The second kappa shape index (κ2) is 5.01. The van der Waals surface area contributed by atoms with Crippen molar-refractivity contribution in [2.45, 2.75) is 0 Å². The van der Waals surface area contributed by atoms with Crippen molar-refractivity contribution in [2.75, 3.05) is 26.2 Å². The predicted molar refractivity (Wildman–Crippen MR) is 71.4 cm³/mol. The fraction of sp³-hybridized carbons (Fsp3) is 0.286. The van der Waals surface area contributed by atoms with Crippen LogP contribution in [0.5, 0.6) is 0 Å². The highest BCUT2D eigenvalue weighted by molar-refractivity contribution is 6.22. The average Bonchev–Trinajstić information content (AvgIpc) is 2.73. The third-order valence-electron chi connectivity index (χ3n) is 3.56. The van der Waals surface area contributed by atoms with Crippen LogP contribution in [0.4, 0.5) is 0 Å². The summed E-state index contributed by atoms with van der Waals surface area (Å²) < 4.78 is 0. The van der Waals surface area contributed by atoms with E-state index >= 15 is 0 Å². The van der Waals surface area contributed by atoms with E-state index in [2.05, 4.69) is 5.32 Å². The molecule has 4 amide bonds. The van der Waals surface area contributed by atoms with Gasteiger partial charge in [0.25, 0.3) is 11.8 Å². The van der Waals surface area contributed by atoms with Crippen molar-refractivity contribution < 1.29 is 19.2 Å². The van der Waals surface area contributed by atoms with Gasteiger partial charge in [-0.1, -0.05) is 12.1 Å². The number of piperazine rings is 1. The Morgan fingerprint density at radius 3 is 2.29 bits per heavy atom. The fourth-order valence-electron chi connectivity index (χ4n) is 2.47. The molecule has 2 heterocycles. The first-order chi connectivity index (χ1) is 10.1. The monoisotopic (exact) mass is 287 g/mol. The second-order valence-electron chi connectivity index (χ2n) is 4.91. The molecule has 0 spiro atoms. The van der Waals surface area contributed by atoms with E-state index in [0.717, 1.165) is 4.90 Å². The van der Waals surface area contributed by atoms with E-state index < -0.39 is 17.7 Å². The van der Waals surface area contributed by atoms with Crippen LogP contribution < -0.4 is 5.32 Å². The molecule has 0 bridgehead atoms. The van der Waals surface area contributed by atoms with Crippen LogP contribution in [0.25, 0.3) is 0 Å². The van der Waals surface area contributed by atoms with Gasteiger partial charge in [-0.3, -0.25) is 24.1 Å². The molecule has 21 heavy (non-hydrogen) atoms. The van der Waals surface area contributed by atoms with Gasteiger partial charge in [-0.2, -0.15) is 0 Å². The average molecular weight is 287 g/mol. The Kier molecular flexibility index (Phi) is 3.17. The summed E-state index contributed by atoms with van der Waals surface area (Å²) in [5.74, 6) is -1.58. The molecule has 1 aromatic carbocycles. The Bertz CT molecular complexity index is 620. The summed E-state index contributed by atoms with van der Waals surface area (Å²) in [4.78, 5) is 50.0. The summed E-state index contributed by atoms with van der Waals surface area (Å²) >= 11 is 0. The molecule has 0 saturated carbocycles. The quantitative estimate of drug-likeness (QED) is 0.724. The van der Waals surface area contributed by atoms with Crippen molar-refractivity contribution in [3.8, 4) is 0 Å². The zero-order valence-electron chi connectivity index (χ0n) is 11.2. The highest BCUT2D eigenvalue weighted by Gasteiger charge is 2.37. The Balaban J connectivity index is 1.74. The molecule has 0 aliphatic carbocycles. The molecule has 0 unspecified atom stereocenters. The van der Waals surface area contributed by atoms with Crippen molar-refractivity contribution >= 4 is 23.6 Å². The summed E-state index contributed by atoms with van der Waals surface area (Å²) in [6, 6.07) is 6.47. The molecule has 2 aliphatic rings. The van der Waals surface area contributed by atoms with Crippen LogP contribution in [0.1, 0.15) is 20.7 Å². The number of rotatable bonds is 2. The van der Waals surface area contributed by atoms with Crippen LogP contribution in [-0.4, -0.2) is 59.6 Å². The largest absolute Gasteiger partial charge is 0.353 e. The molecular formula is C14H13N3O4. The van der Waals surface area contributed by atoms with Crippen LogP contribution in [0.2, 0.25) is 0 Å². The number of carbonyl (C=O) groups excluding carboxylic acids is 4. The predicted octanol–water partition coefficient (Wildman–Crippen LogP) is -0.759. The first kappa shape index (κ1) is 13.3. The maximum Gasteiger partial charge on any atom is 0.262 e. The van der Waals surface area contributed by atoms with E-state index in [-0.39, 0.29) is 19.0 Å². The van der Waals surface area contributed by atoms with E-state index in [4.69, 9.17) is 0 Å². The Hall–Kier alpha value is -2.70. The minimum Gasteiger partial charge on any atom is -0.353 e. The summed E-state index contributed by atoms with van der Waals surface area (Å²) in [7, 11) is 0. The smallest absolute Gasteiger partial charge is 0.262 e. The molecule has 0 atom stereocenters. The van der Waals surface area contributed by atoms with E-state index in [0.29, 0.717) is 24.2 Å². The molecule has 7 heteroatoms. The number of imide groups is 1. The molecule has 1 aromatic rings. The lowest BCUT2D eigenvalue weighted by Crippen LogP contribution is -2.52. The van der Waals surface area contributed by atoms with E-state index in [9.17, 15) is 19.2 Å². The zero-order chi connectivity index (χ0) is 15.0. The first-order valence-corrected chi connectivity index (χ1v) is 6.57. The van der Waals surface area contributed by atoms with Crippen molar-refractivity contribution in [2.24, 2.45) is 0 Å². The lowest BCUT2D eigenvalue weighted by molar-refractivity contribution is -0.138. The van der Waals surface area contributed by atoms with E-state index in [1.807, 2.05) is 0 Å². The highest BCUT2D eigenvalue weighted by atomic mass is 16.2.